The van der Waals surface area contributed by atoms with Crippen molar-refractivity contribution in [2.24, 2.45) is 0 Å². The Morgan fingerprint density at radius 3 is 2.53 bits per heavy atom. The molecule has 0 atom stereocenters. The molecule has 0 aliphatic carbocycles. The average Bonchev–Trinajstić information content (AvgIpc) is 3.24. The fourth-order valence-electron chi connectivity index (χ4n) is 3.95. The highest BCUT2D eigenvalue weighted by atomic mass is 35.5. The van der Waals surface area contributed by atoms with E-state index in [1.165, 1.54) is 30.5 Å². The van der Waals surface area contributed by atoms with Crippen LogP contribution < -0.4 is 10.3 Å². The summed E-state index contributed by atoms with van der Waals surface area (Å²) in [6, 6.07) is 8.62. The Morgan fingerprint density at radius 1 is 1.13 bits per heavy atom. The molecule has 1 aliphatic heterocycles. The van der Waals surface area contributed by atoms with Crippen molar-refractivity contribution < 1.29 is 12.8 Å². The zero-order valence-electron chi connectivity index (χ0n) is 16.6. The van der Waals surface area contributed by atoms with Crippen LogP contribution in [0.3, 0.4) is 0 Å². The van der Waals surface area contributed by atoms with E-state index in [0.717, 1.165) is 32.4 Å². The van der Waals surface area contributed by atoms with Gasteiger partial charge in [0, 0.05) is 30.9 Å². The number of hydrogen-bond donors (Lipinski definition) is 0. The standard InChI is InChI=1S/C22H22ClFN2O3S/c1-2-8-26-14-21(30(28,29)16-7-5-6-15(23)11-16)22(27)17-12-18(24)20(13-19(17)26)25-9-3-4-10-25/h5-7,11-14H,2-4,8-10H2,1H3. The van der Waals surface area contributed by atoms with E-state index in [1.54, 1.807) is 16.7 Å². The predicted octanol–water partition coefficient (Wildman–Crippen LogP) is 4.64. The van der Waals surface area contributed by atoms with Gasteiger partial charge in [-0.25, -0.2) is 12.8 Å². The summed E-state index contributed by atoms with van der Waals surface area (Å²) in [6.45, 7) is 3.99. The van der Waals surface area contributed by atoms with Gasteiger partial charge in [-0.2, -0.15) is 0 Å². The molecule has 2 heterocycles. The van der Waals surface area contributed by atoms with Crippen LogP contribution in [0.2, 0.25) is 5.02 Å². The van der Waals surface area contributed by atoms with E-state index >= 15 is 0 Å². The minimum Gasteiger partial charge on any atom is -0.369 e. The number of nitrogens with zero attached hydrogens (tertiary/aromatic N) is 2. The molecule has 0 amide bonds. The van der Waals surface area contributed by atoms with Crippen molar-refractivity contribution in [3.8, 4) is 0 Å². The van der Waals surface area contributed by atoms with Crippen molar-refractivity contribution >= 4 is 38.0 Å². The van der Waals surface area contributed by atoms with Crippen molar-refractivity contribution in [3.05, 3.63) is 63.7 Å². The molecule has 158 valence electrons. The molecule has 0 N–H and O–H groups in total. The topological polar surface area (TPSA) is 59.4 Å². The number of hydrogen-bond acceptors (Lipinski definition) is 4. The lowest BCUT2D eigenvalue weighted by Crippen LogP contribution is -2.22. The maximum Gasteiger partial charge on any atom is 0.211 e. The fourth-order valence-corrected chi connectivity index (χ4v) is 5.62. The van der Waals surface area contributed by atoms with Crippen LogP contribution in [0.4, 0.5) is 10.1 Å². The minimum absolute atomic E-state index is 0.0620. The predicted molar refractivity (Wildman–Crippen MR) is 117 cm³/mol. The summed E-state index contributed by atoms with van der Waals surface area (Å²) in [5.41, 5.74) is 0.286. The van der Waals surface area contributed by atoms with Gasteiger partial charge in [-0.05, 0) is 49.6 Å². The van der Waals surface area contributed by atoms with Crippen LogP contribution >= 0.6 is 11.6 Å². The molecule has 1 aromatic heterocycles. The second-order valence-electron chi connectivity index (χ2n) is 7.49. The number of anilines is 1. The molecule has 0 unspecified atom stereocenters. The lowest BCUT2D eigenvalue weighted by Gasteiger charge is -2.21. The highest BCUT2D eigenvalue weighted by molar-refractivity contribution is 7.91. The van der Waals surface area contributed by atoms with Gasteiger partial charge in [0.05, 0.1) is 21.5 Å². The Kier molecular flexibility index (Phi) is 5.59. The first-order chi connectivity index (χ1) is 14.3. The third-order valence-corrected chi connectivity index (χ3v) is 7.40. The summed E-state index contributed by atoms with van der Waals surface area (Å²) in [5, 5.41) is 0.319. The molecule has 8 heteroatoms. The van der Waals surface area contributed by atoms with E-state index in [-0.39, 0.29) is 20.2 Å². The smallest absolute Gasteiger partial charge is 0.211 e. The monoisotopic (exact) mass is 448 g/mol. The molecule has 0 radical (unpaired) electrons. The number of sulfone groups is 1. The summed E-state index contributed by atoms with van der Waals surface area (Å²) in [6.07, 6.45) is 4.09. The molecular weight excluding hydrogens is 427 g/mol. The summed E-state index contributed by atoms with van der Waals surface area (Å²) in [4.78, 5) is 14.7. The molecule has 1 saturated heterocycles. The van der Waals surface area contributed by atoms with Crippen molar-refractivity contribution in [1.29, 1.82) is 0 Å². The summed E-state index contributed by atoms with van der Waals surface area (Å²) < 4.78 is 43.0. The third kappa shape index (κ3) is 3.61. The van der Waals surface area contributed by atoms with E-state index in [2.05, 4.69) is 0 Å². The van der Waals surface area contributed by atoms with Gasteiger partial charge in [0.15, 0.2) is 0 Å². The Labute approximate surface area is 179 Å². The van der Waals surface area contributed by atoms with Crippen LogP contribution in [-0.4, -0.2) is 26.1 Å². The summed E-state index contributed by atoms with van der Waals surface area (Å²) in [5.74, 6) is -0.512. The first-order valence-corrected chi connectivity index (χ1v) is 11.8. The Hall–Kier alpha value is -2.38. The van der Waals surface area contributed by atoms with Crippen LogP contribution in [0.15, 0.2) is 57.2 Å². The Morgan fingerprint density at radius 2 is 1.87 bits per heavy atom. The first kappa shape index (κ1) is 20.9. The van der Waals surface area contributed by atoms with E-state index in [0.29, 0.717) is 17.7 Å². The van der Waals surface area contributed by atoms with Gasteiger partial charge in [0.2, 0.25) is 15.3 Å². The number of benzene rings is 2. The van der Waals surface area contributed by atoms with Crippen molar-refractivity contribution in [2.45, 2.75) is 42.5 Å². The number of aryl methyl sites for hydroxylation is 1. The Balaban J connectivity index is 1.97. The van der Waals surface area contributed by atoms with Gasteiger partial charge >= 0.3 is 0 Å². The maximum absolute atomic E-state index is 14.9. The van der Waals surface area contributed by atoms with Gasteiger partial charge in [0.1, 0.15) is 10.7 Å². The SMILES string of the molecule is CCCn1cc(S(=O)(=O)c2cccc(Cl)c2)c(=O)c2cc(F)c(N3CCCC3)cc21. The van der Waals surface area contributed by atoms with Crippen LogP contribution in [0.25, 0.3) is 10.9 Å². The number of pyridine rings is 1. The van der Waals surface area contributed by atoms with Crippen molar-refractivity contribution in [3.63, 3.8) is 0 Å². The lowest BCUT2D eigenvalue weighted by molar-refractivity contribution is 0.592. The molecule has 4 rings (SSSR count). The van der Waals surface area contributed by atoms with Gasteiger partial charge < -0.3 is 9.47 Å². The Bertz CT molecular complexity index is 1280. The average molecular weight is 449 g/mol. The molecule has 0 saturated carbocycles. The second kappa shape index (κ2) is 8.04. The second-order valence-corrected chi connectivity index (χ2v) is 9.85. The van der Waals surface area contributed by atoms with Crippen LogP contribution in [0.1, 0.15) is 26.2 Å². The minimum atomic E-state index is -4.11. The van der Waals surface area contributed by atoms with Crippen molar-refractivity contribution in [1.82, 2.24) is 4.57 Å². The number of aromatic nitrogens is 1. The summed E-state index contributed by atoms with van der Waals surface area (Å²) in [7, 11) is -4.11. The van der Waals surface area contributed by atoms with Gasteiger partial charge in [-0.15, -0.1) is 0 Å². The number of fused-ring (bicyclic) bond motifs is 1. The molecule has 1 aliphatic rings. The summed E-state index contributed by atoms with van der Waals surface area (Å²) >= 11 is 5.95. The van der Waals surface area contributed by atoms with E-state index in [9.17, 15) is 17.6 Å². The molecule has 0 spiro atoms. The molecule has 5 nitrogen and oxygen atoms in total. The van der Waals surface area contributed by atoms with E-state index < -0.39 is 21.1 Å². The van der Waals surface area contributed by atoms with Gasteiger partial charge in [-0.3, -0.25) is 4.79 Å². The highest BCUT2D eigenvalue weighted by Gasteiger charge is 2.26. The zero-order valence-corrected chi connectivity index (χ0v) is 18.1. The zero-order chi connectivity index (χ0) is 21.5. The highest BCUT2D eigenvalue weighted by Crippen LogP contribution is 2.29. The van der Waals surface area contributed by atoms with Gasteiger partial charge in [-0.1, -0.05) is 24.6 Å². The first-order valence-electron chi connectivity index (χ1n) is 9.95. The quantitative estimate of drug-likeness (QED) is 0.570. The number of rotatable bonds is 5. The fraction of sp³-hybridized carbons (Fsp3) is 0.318. The number of halogens is 2. The van der Waals surface area contributed by atoms with Crippen LogP contribution in [-0.2, 0) is 16.4 Å². The molecule has 3 aromatic rings. The van der Waals surface area contributed by atoms with Crippen molar-refractivity contribution in [2.75, 3.05) is 18.0 Å². The van der Waals surface area contributed by atoms with E-state index in [1.807, 2.05) is 11.8 Å². The molecule has 0 bridgehead atoms. The molecule has 2 aromatic carbocycles. The molecule has 1 fully saturated rings. The molecule has 30 heavy (non-hydrogen) atoms. The third-order valence-electron chi connectivity index (χ3n) is 5.42. The lowest BCUT2D eigenvalue weighted by atomic mass is 10.1. The largest absolute Gasteiger partial charge is 0.369 e. The van der Waals surface area contributed by atoms with Crippen LogP contribution in [0.5, 0.6) is 0 Å². The van der Waals surface area contributed by atoms with Gasteiger partial charge in [0.25, 0.3) is 0 Å². The van der Waals surface area contributed by atoms with E-state index in [4.69, 9.17) is 11.6 Å². The normalized spacial score (nSPS) is 14.6. The van der Waals surface area contributed by atoms with Crippen LogP contribution in [0, 0.1) is 5.82 Å². The maximum atomic E-state index is 14.9. The molecular formula is C22H22ClFN2O3S.